The lowest BCUT2D eigenvalue weighted by atomic mass is 9.83. The largest absolute Gasteiger partial charge is 0.378 e. The Balaban J connectivity index is 1.04. The van der Waals surface area contributed by atoms with E-state index in [0.717, 1.165) is 64.0 Å². The highest BCUT2D eigenvalue weighted by atomic mass is 19.1. The predicted molar refractivity (Wildman–Crippen MR) is 141 cm³/mol. The molecule has 1 spiro atoms. The minimum absolute atomic E-state index is 0.117. The molecule has 39 heavy (non-hydrogen) atoms. The highest BCUT2D eigenvalue weighted by Crippen LogP contribution is 2.45. The molecule has 1 aliphatic carbocycles. The number of benzene rings is 1. The van der Waals surface area contributed by atoms with Gasteiger partial charge in [0.25, 0.3) is 0 Å². The van der Waals surface area contributed by atoms with Crippen LogP contribution in [0.2, 0.25) is 0 Å². The van der Waals surface area contributed by atoms with Crippen LogP contribution < -0.4 is 10.6 Å². The topological polar surface area (TPSA) is 99.5 Å². The number of likely N-dealkylation sites (tertiary alicyclic amines) is 1. The zero-order valence-corrected chi connectivity index (χ0v) is 22.0. The molecule has 1 saturated carbocycles. The smallest absolute Gasteiger partial charge is 0.238 e. The zero-order chi connectivity index (χ0) is 26.6. The quantitative estimate of drug-likeness (QED) is 0.592. The number of nitrogens with one attached hydrogen (secondary N) is 2. The highest BCUT2D eigenvalue weighted by molar-refractivity contribution is 5.83. The number of hydrogen-bond donors (Lipinski definition) is 2. The predicted octanol–water partition coefficient (Wildman–Crippen LogP) is 2.80. The summed E-state index contributed by atoms with van der Waals surface area (Å²) in [4.78, 5) is 19.9. The van der Waals surface area contributed by atoms with Crippen LogP contribution in [0.25, 0.3) is 11.3 Å². The summed E-state index contributed by atoms with van der Waals surface area (Å²) in [5.74, 6) is -0.222. The lowest BCUT2D eigenvalue weighted by molar-refractivity contribution is -0.124. The van der Waals surface area contributed by atoms with Crippen LogP contribution >= 0.6 is 0 Å². The van der Waals surface area contributed by atoms with Crippen LogP contribution in [0.1, 0.15) is 48.8 Å². The summed E-state index contributed by atoms with van der Waals surface area (Å²) in [6.07, 6.45) is 6.99. The number of halogens is 1. The number of nitrogens with zero attached hydrogens (tertiary/aromatic N) is 3. The fraction of sp³-hybridized carbons (Fsp3) is 0.567. The molecule has 9 heteroatoms. The first-order valence-corrected chi connectivity index (χ1v) is 14.2. The van der Waals surface area contributed by atoms with Gasteiger partial charge in [-0.1, -0.05) is 12.1 Å². The van der Waals surface area contributed by atoms with E-state index in [4.69, 9.17) is 9.47 Å². The molecule has 0 radical (unpaired) electrons. The van der Waals surface area contributed by atoms with Crippen molar-refractivity contribution in [2.45, 2.75) is 74.9 Å². The van der Waals surface area contributed by atoms with Gasteiger partial charge in [-0.25, -0.2) is 4.39 Å². The summed E-state index contributed by atoms with van der Waals surface area (Å²) < 4.78 is 27.0. The third kappa shape index (κ3) is 4.53. The van der Waals surface area contributed by atoms with E-state index in [-0.39, 0.29) is 24.0 Å². The zero-order valence-electron chi connectivity index (χ0n) is 22.0. The standard InChI is InChI=1S/C30H34FN5O3/c31-26-11-19(2-1-18(26)9-23(13-32)35-29(37)28-20-3-4-22(10-20)34-28)27-12-25-21(14-33-27)15-39-30(25)5-7-36(8-6-30)24-16-38-17-24/h1-2,11-12,14,20,22-24,28,34H,3-10,15-17H2,(H,35,37)/t20-,22+,23-,28?/m0/s1. The number of pyridine rings is 1. The SMILES string of the molecule is N#C[C@H](Cc1ccc(-c2cc3c(cn2)COC32CCN(C3COC3)CC2)cc1F)NC(=O)C1N[C@@H]2CC[C@H]1C2. The Bertz CT molecular complexity index is 1320. The van der Waals surface area contributed by atoms with Crippen LogP contribution in [0.5, 0.6) is 0 Å². The molecule has 5 aliphatic rings. The molecule has 204 valence electrons. The summed E-state index contributed by atoms with van der Waals surface area (Å²) in [6.45, 7) is 4.15. The van der Waals surface area contributed by atoms with Crippen LogP contribution in [0.15, 0.2) is 30.5 Å². The van der Waals surface area contributed by atoms with Crippen LogP contribution in [-0.2, 0) is 32.9 Å². The van der Waals surface area contributed by atoms with Crippen molar-refractivity contribution in [3.63, 3.8) is 0 Å². The number of ether oxygens (including phenoxy) is 2. The van der Waals surface area contributed by atoms with E-state index in [2.05, 4.69) is 32.7 Å². The Morgan fingerprint density at radius 3 is 2.79 bits per heavy atom. The number of piperidine rings is 2. The molecule has 5 heterocycles. The third-order valence-corrected chi connectivity index (χ3v) is 9.61. The third-order valence-electron chi connectivity index (χ3n) is 9.61. The number of nitriles is 1. The average Bonchev–Trinajstić information content (AvgIpc) is 3.65. The summed E-state index contributed by atoms with van der Waals surface area (Å²) >= 11 is 0. The molecular weight excluding hydrogens is 497 g/mol. The van der Waals surface area contributed by atoms with Gasteiger partial charge in [0, 0.05) is 42.9 Å². The van der Waals surface area contributed by atoms with Crippen LogP contribution in [-0.4, -0.2) is 66.3 Å². The summed E-state index contributed by atoms with van der Waals surface area (Å²) in [6, 6.07) is 9.15. The molecule has 1 unspecified atom stereocenters. The van der Waals surface area contributed by atoms with Gasteiger partial charge < -0.3 is 20.1 Å². The van der Waals surface area contributed by atoms with E-state index in [1.165, 1.54) is 11.6 Å². The molecule has 2 aromatic rings. The van der Waals surface area contributed by atoms with Crippen molar-refractivity contribution in [2.75, 3.05) is 26.3 Å². The van der Waals surface area contributed by atoms with E-state index in [9.17, 15) is 10.1 Å². The molecule has 1 aromatic heterocycles. The van der Waals surface area contributed by atoms with Gasteiger partial charge in [-0.15, -0.1) is 0 Å². The molecule has 4 aliphatic heterocycles. The first-order chi connectivity index (χ1) is 19.0. The molecule has 7 rings (SSSR count). The number of aromatic nitrogens is 1. The molecule has 1 aromatic carbocycles. The van der Waals surface area contributed by atoms with Gasteiger partial charge in [-0.3, -0.25) is 14.7 Å². The average molecular weight is 532 g/mol. The van der Waals surface area contributed by atoms with E-state index >= 15 is 4.39 Å². The first kappa shape index (κ1) is 25.1. The van der Waals surface area contributed by atoms with E-state index < -0.39 is 11.9 Å². The van der Waals surface area contributed by atoms with Gasteiger partial charge in [0.1, 0.15) is 11.9 Å². The lowest BCUT2D eigenvalue weighted by Crippen LogP contribution is -2.54. The Labute approximate surface area is 227 Å². The monoisotopic (exact) mass is 531 g/mol. The maximum Gasteiger partial charge on any atom is 0.238 e. The van der Waals surface area contributed by atoms with Crippen LogP contribution in [0, 0.1) is 23.1 Å². The fourth-order valence-electron chi connectivity index (χ4n) is 7.21. The molecule has 3 saturated heterocycles. The van der Waals surface area contributed by atoms with Crippen molar-refractivity contribution in [1.82, 2.24) is 20.5 Å². The molecule has 8 nitrogen and oxygen atoms in total. The summed E-state index contributed by atoms with van der Waals surface area (Å²) in [7, 11) is 0. The number of carbonyl (C=O) groups is 1. The molecule has 4 fully saturated rings. The van der Waals surface area contributed by atoms with Gasteiger partial charge in [-0.05, 0) is 61.3 Å². The molecule has 4 atom stereocenters. The van der Waals surface area contributed by atoms with Gasteiger partial charge in [0.05, 0.1) is 49.3 Å². The summed E-state index contributed by atoms with van der Waals surface area (Å²) in [5, 5.41) is 15.9. The van der Waals surface area contributed by atoms with E-state index in [1.54, 1.807) is 6.07 Å². The Kier molecular flexibility index (Phi) is 6.39. The van der Waals surface area contributed by atoms with Gasteiger partial charge in [0.2, 0.25) is 5.91 Å². The van der Waals surface area contributed by atoms with E-state index in [0.29, 0.717) is 41.4 Å². The Morgan fingerprint density at radius 1 is 1.28 bits per heavy atom. The number of rotatable bonds is 6. The maximum atomic E-state index is 15.3. The normalized spacial score (nSPS) is 28.2. The molecular formula is C30H34FN5O3. The highest BCUT2D eigenvalue weighted by Gasteiger charge is 2.45. The van der Waals surface area contributed by atoms with Crippen molar-refractivity contribution >= 4 is 5.91 Å². The molecule has 1 amide bonds. The summed E-state index contributed by atoms with van der Waals surface area (Å²) in [5.41, 5.74) is 3.77. The van der Waals surface area contributed by atoms with Crippen molar-refractivity contribution < 1.29 is 18.7 Å². The minimum atomic E-state index is -0.786. The second kappa shape index (κ2) is 9.93. The first-order valence-electron chi connectivity index (χ1n) is 14.2. The second-order valence-electron chi connectivity index (χ2n) is 11.9. The Hall–Kier alpha value is -2.90. The van der Waals surface area contributed by atoms with Gasteiger partial charge >= 0.3 is 0 Å². The maximum absolute atomic E-state index is 15.3. The fourth-order valence-corrected chi connectivity index (χ4v) is 7.21. The van der Waals surface area contributed by atoms with Gasteiger partial charge in [0.15, 0.2) is 0 Å². The number of amides is 1. The second-order valence-corrected chi connectivity index (χ2v) is 11.9. The molecule has 2 bridgehead atoms. The molecule has 2 N–H and O–H groups in total. The van der Waals surface area contributed by atoms with Crippen LogP contribution in [0.4, 0.5) is 4.39 Å². The van der Waals surface area contributed by atoms with E-state index in [1.807, 2.05) is 12.3 Å². The van der Waals surface area contributed by atoms with Crippen molar-refractivity contribution in [3.05, 3.63) is 53.0 Å². The van der Waals surface area contributed by atoms with Gasteiger partial charge in [-0.2, -0.15) is 5.26 Å². The lowest BCUT2D eigenvalue weighted by Gasteiger charge is -2.45. The number of carbonyl (C=O) groups excluding carboxylic acids is 1. The Morgan fingerprint density at radius 2 is 2.13 bits per heavy atom. The number of hydrogen-bond acceptors (Lipinski definition) is 7. The van der Waals surface area contributed by atoms with Crippen molar-refractivity contribution in [3.8, 4) is 17.3 Å². The van der Waals surface area contributed by atoms with Crippen LogP contribution in [0.3, 0.4) is 0 Å². The number of fused-ring (bicyclic) bond motifs is 4. The minimum Gasteiger partial charge on any atom is -0.378 e. The van der Waals surface area contributed by atoms with Crippen molar-refractivity contribution in [2.24, 2.45) is 5.92 Å². The van der Waals surface area contributed by atoms with Crippen molar-refractivity contribution in [1.29, 1.82) is 5.26 Å².